The molecule has 0 aliphatic carbocycles. The van der Waals surface area contributed by atoms with E-state index in [-0.39, 0.29) is 5.84 Å². The van der Waals surface area contributed by atoms with Crippen LogP contribution in [0.2, 0.25) is 0 Å². The van der Waals surface area contributed by atoms with Crippen molar-refractivity contribution in [3.8, 4) is 0 Å². The van der Waals surface area contributed by atoms with Crippen molar-refractivity contribution < 1.29 is 9.31 Å². The van der Waals surface area contributed by atoms with Crippen LogP contribution in [0.3, 0.4) is 0 Å². The molecule has 0 radical (unpaired) electrons. The van der Waals surface area contributed by atoms with Crippen LogP contribution >= 0.6 is 0 Å². The van der Waals surface area contributed by atoms with Gasteiger partial charge < -0.3 is 14.6 Å². The van der Waals surface area contributed by atoms with E-state index < -0.39 is 18.3 Å². The van der Waals surface area contributed by atoms with Gasteiger partial charge in [-0.1, -0.05) is 54.6 Å². The summed E-state index contributed by atoms with van der Waals surface area (Å²) in [5.74, 6) is 0.836. The molecule has 1 aliphatic heterocycles. The third-order valence-electron chi connectivity index (χ3n) is 5.19. The normalized spacial score (nSPS) is 18.4. The minimum atomic E-state index is -0.454. The van der Waals surface area contributed by atoms with E-state index in [1.54, 1.807) is 7.05 Å². The fourth-order valence-electron chi connectivity index (χ4n) is 2.85. The first-order valence-corrected chi connectivity index (χ1v) is 9.10. The number of rotatable bonds is 3. The number of nitrogens with zero attached hydrogens (tertiary/aromatic N) is 1. The third-order valence-corrected chi connectivity index (χ3v) is 5.19. The summed E-state index contributed by atoms with van der Waals surface area (Å²) in [5, 5.41) is 11.5. The van der Waals surface area contributed by atoms with Gasteiger partial charge in [-0.3, -0.25) is 5.41 Å². The van der Waals surface area contributed by atoms with Gasteiger partial charge in [0.2, 0.25) is 0 Å². The molecule has 2 N–H and O–H groups in total. The summed E-state index contributed by atoms with van der Waals surface area (Å²) >= 11 is 0. The fourth-order valence-corrected chi connectivity index (χ4v) is 2.85. The van der Waals surface area contributed by atoms with Gasteiger partial charge in [-0.05, 0) is 33.2 Å². The molecule has 1 aliphatic rings. The molecule has 2 aromatic rings. The van der Waals surface area contributed by atoms with Crippen LogP contribution in [0.15, 0.2) is 59.6 Å². The van der Waals surface area contributed by atoms with Gasteiger partial charge in [0.1, 0.15) is 5.84 Å². The Hall–Kier alpha value is -2.44. The summed E-state index contributed by atoms with van der Waals surface area (Å²) in [4.78, 5) is 4.47. The lowest BCUT2D eigenvalue weighted by Gasteiger charge is -2.32. The van der Waals surface area contributed by atoms with Crippen LogP contribution in [-0.4, -0.2) is 37.0 Å². The van der Waals surface area contributed by atoms with Gasteiger partial charge in [0, 0.05) is 18.2 Å². The monoisotopic (exact) mass is 363 g/mol. The highest BCUT2D eigenvalue weighted by molar-refractivity contribution is 6.62. The van der Waals surface area contributed by atoms with Crippen LogP contribution in [0, 0.1) is 5.41 Å². The fraction of sp³-hybridized carbons (Fsp3) is 0.333. The maximum atomic E-state index is 8.43. The summed E-state index contributed by atoms with van der Waals surface area (Å²) in [7, 11) is 1.35. The molecule has 0 aromatic heterocycles. The number of hydrogen-bond donors (Lipinski definition) is 2. The van der Waals surface area contributed by atoms with Crippen molar-refractivity contribution in [2.45, 2.75) is 38.9 Å². The van der Waals surface area contributed by atoms with Gasteiger partial charge in [-0.15, -0.1) is 0 Å². The smallest absolute Gasteiger partial charge is 0.399 e. The number of nitrogens with one attached hydrogen (secondary N) is 2. The molecule has 0 amide bonds. The average Bonchev–Trinajstić information content (AvgIpc) is 2.88. The Labute approximate surface area is 161 Å². The predicted molar refractivity (Wildman–Crippen MR) is 111 cm³/mol. The Bertz CT molecular complexity index is 847. The van der Waals surface area contributed by atoms with Crippen molar-refractivity contribution in [3.05, 3.63) is 65.7 Å². The molecule has 0 bridgehead atoms. The van der Waals surface area contributed by atoms with Gasteiger partial charge >= 0.3 is 7.12 Å². The number of aliphatic imine (C=N–C) groups is 1. The minimum Gasteiger partial charge on any atom is -0.399 e. The molecule has 5 nitrogen and oxygen atoms in total. The van der Waals surface area contributed by atoms with Gasteiger partial charge in [0.05, 0.1) is 11.2 Å². The van der Waals surface area contributed by atoms with Gasteiger partial charge in [0.25, 0.3) is 0 Å². The highest BCUT2D eigenvalue weighted by atomic mass is 16.7. The molecule has 1 fully saturated rings. The van der Waals surface area contributed by atoms with Gasteiger partial charge in [0.15, 0.2) is 5.84 Å². The Kier molecular flexibility index (Phi) is 5.22. The lowest BCUT2D eigenvalue weighted by Crippen LogP contribution is -2.41. The van der Waals surface area contributed by atoms with Gasteiger partial charge in [-0.2, -0.15) is 0 Å². The van der Waals surface area contributed by atoms with E-state index in [2.05, 4.69) is 10.3 Å². The van der Waals surface area contributed by atoms with E-state index >= 15 is 0 Å². The van der Waals surface area contributed by atoms with Gasteiger partial charge in [-0.25, -0.2) is 4.99 Å². The highest BCUT2D eigenvalue weighted by Gasteiger charge is 2.51. The van der Waals surface area contributed by atoms with Crippen LogP contribution in [-0.2, 0) is 9.31 Å². The molecular formula is C21H26BN3O2. The zero-order valence-corrected chi connectivity index (χ0v) is 16.5. The second-order valence-electron chi connectivity index (χ2n) is 7.64. The highest BCUT2D eigenvalue weighted by Crippen LogP contribution is 2.36. The van der Waals surface area contributed by atoms with Crippen molar-refractivity contribution in [2.24, 2.45) is 4.99 Å². The van der Waals surface area contributed by atoms with Crippen molar-refractivity contribution in [2.75, 3.05) is 7.05 Å². The van der Waals surface area contributed by atoms with Crippen molar-refractivity contribution in [1.29, 1.82) is 5.41 Å². The zero-order chi connectivity index (χ0) is 19.7. The Morgan fingerprint density at radius 1 is 0.926 bits per heavy atom. The predicted octanol–water partition coefficient (Wildman–Crippen LogP) is 2.98. The number of amidine groups is 2. The lowest BCUT2D eigenvalue weighted by atomic mass is 9.78. The molecule has 0 saturated carbocycles. The van der Waals surface area contributed by atoms with E-state index in [4.69, 9.17) is 14.7 Å². The Morgan fingerprint density at radius 3 is 2.11 bits per heavy atom. The van der Waals surface area contributed by atoms with E-state index in [1.165, 1.54) is 0 Å². The van der Waals surface area contributed by atoms with Crippen molar-refractivity contribution >= 4 is 24.3 Å². The van der Waals surface area contributed by atoms with E-state index in [0.29, 0.717) is 11.4 Å². The molecule has 0 spiro atoms. The number of hydrogen-bond acceptors (Lipinski definition) is 3. The summed E-state index contributed by atoms with van der Waals surface area (Å²) in [5.41, 5.74) is 1.74. The van der Waals surface area contributed by atoms with E-state index in [0.717, 1.165) is 11.0 Å². The summed E-state index contributed by atoms with van der Waals surface area (Å²) < 4.78 is 12.2. The van der Waals surface area contributed by atoms with Crippen LogP contribution in [0.25, 0.3) is 0 Å². The van der Waals surface area contributed by atoms with Crippen molar-refractivity contribution in [3.63, 3.8) is 0 Å². The molecule has 3 rings (SSSR count). The SMILES string of the molecule is CN/C(=N\C(=N)c1cccc(B2OC(C)(C)C(C)(C)O2)c1)c1ccccc1. The summed E-state index contributed by atoms with van der Waals surface area (Å²) in [6.07, 6.45) is 0. The van der Waals surface area contributed by atoms with Crippen LogP contribution < -0.4 is 10.8 Å². The lowest BCUT2D eigenvalue weighted by molar-refractivity contribution is 0.00578. The maximum Gasteiger partial charge on any atom is 0.494 e. The zero-order valence-electron chi connectivity index (χ0n) is 16.5. The van der Waals surface area contributed by atoms with Crippen LogP contribution in [0.5, 0.6) is 0 Å². The quantitative estimate of drug-likeness (QED) is 0.501. The molecule has 0 unspecified atom stereocenters. The summed E-state index contributed by atoms with van der Waals surface area (Å²) in [6.45, 7) is 8.12. The standard InChI is InChI=1S/C21H26BN3O2/c1-20(2)21(3,4)27-22(26-20)17-13-9-12-16(14-17)18(23)25-19(24-5)15-10-7-6-8-11-15/h6-14H,1-5H3,(H2,23,24,25). The second kappa shape index (κ2) is 7.29. The third kappa shape index (κ3) is 3.97. The maximum absolute atomic E-state index is 8.43. The molecule has 1 heterocycles. The number of benzene rings is 2. The summed E-state index contributed by atoms with van der Waals surface area (Å²) in [6, 6.07) is 17.4. The van der Waals surface area contributed by atoms with E-state index in [9.17, 15) is 0 Å². The molecule has 0 atom stereocenters. The topological polar surface area (TPSA) is 66.7 Å². The molecular weight excluding hydrogens is 337 g/mol. The first kappa shape index (κ1) is 19.3. The Balaban J connectivity index is 1.86. The second-order valence-corrected chi connectivity index (χ2v) is 7.64. The molecule has 2 aromatic carbocycles. The first-order valence-electron chi connectivity index (χ1n) is 9.10. The van der Waals surface area contributed by atoms with E-state index in [1.807, 2.05) is 82.3 Å². The minimum absolute atomic E-state index is 0.182. The molecule has 1 saturated heterocycles. The molecule has 27 heavy (non-hydrogen) atoms. The molecule has 6 heteroatoms. The van der Waals surface area contributed by atoms with Crippen LogP contribution in [0.1, 0.15) is 38.8 Å². The first-order chi connectivity index (χ1) is 12.7. The van der Waals surface area contributed by atoms with Crippen molar-refractivity contribution in [1.82, 2.24) is 5.32 Å². The largest absolute Gasteiger partial charge is 0.494 e. The molecule has 140 valence electrons. The average molecular weight is 363 g/mol. The van der Waals surface area contributed by atoms with Crippen LogP contribution in [0.4, 0.5) is 0 Å². The Morgan fingerprint density at radius 2 is 1.52 bits per heavy atom.